The first-order valence-electron chi connectivity index (χ1n) is 7.01. The Labute approximate surface area is 117 Å². The van der Waals surface area contributed by atoms with E-state index in [1.165, 1.54) is 12.5 Å². The van der Waals surface area contributed by atoms with Crippen LogP contribution < -0.4 is 5.32 Å². The SMILES string of the molecule is CN(CCNCCC(C)(C)C)Cc1ccccc1F. The van der Waals surface area contributed by atoms with Gasteiger partial charge in [0.05, 0.1) is 0 Å². The molecule has 2 nitrogen and oxygen atoms in total. The quantitative estimate of drug-likeness (QED) is 0.762. The van der Waals surface area contributed by atoms with Gasteiger partial charge in [-0.05, 0) is 31.5 Å². The molecule has 0 fully saturated rings. The van der Waals surface area contributed by atoms with Crippen LogP contribution in [0.5, 0.6) is 0 Å². The molecule has 3 heteroatoms. The van der Waals surface area contributed by atoms with Crippen LogP contribution in [0.25, 0.3) is 0 Å². The molecular formula is C16H27FN2. The van der Waals surface area contributed by atoms with E-state index in [-0.39, 0.29) is 5.82 Å². The largest absolute Gasteiger partial charge is 0.315 e. The van der Waals surface area contributed by atoms with Crippen molar-refractivity contribution in [1.29, 1.82) is 0 Å². The molecule has 0 amide bonds. The van der Waals surface area contributed by atoms with Gasteiger partial charge in [-0.3, -0.25) is 0 Å². The van der Waals surface area contributed by atoms with E-state index in [0.717, 1.165) is 25.2 Å². The predicted octanol–water partition coefficient (Wildman–Crippen LogP) is 3.28. The normalized spacial score (nSPS) is 12.1. The van der Waals surface area contributed by atoms with Gasteiger partial charge in [-0.25, -0.2) is 4.39 Å². The molecule has 0 saturated heterocycles. The van der Waals surface area contributed by atoms with Crippen LogP contribution in [0, 0.1) is 11.2 Å². The second kappa shape index (κ2) is 7.61. The molecule has 1 rings (SSSR count). The highest BCUT2D eigenvalue weighted by Gasteiger charge is 2.09. The highest BCUT2D eigenvalue weighted by atomic mass is 19.1. The van der Waals surface area contributed by atoms with Gasteiger partial charge in [0.25, 0.3) is 0 Å². The summed E-state index contributed by atoms with van der Waals surface area (Å²) in [7, 11) is 2.03. The standard InChI is InChI=1S/C16H27FN2/c1-16(2,3)9-10-18-11-12-19(4)13-14-7-5-6-8-15(14)17/h5-8,18H,9-13H2,1-4H3. The highest BCUT2D eigenvalue weighted by molar-refractivity contribution is 5.16. The fraction of sp³-hybridized carbons (Fsp3) is 0.625. The second-order valence-electron chi connectivity index (χ2n) is 6.39. The van der Waals surface area contributed by atoms with Crippen LogP contribution in [-0.2, 0) is 6.54 Å². The van der Waals surface area contributed by atoms with E-state index in [1.54, 1.807) is 6.07 Å². The van der Waals surface area contributed by atoms with Crippen molar-refractivity contribution in [2.45, 2.75) is 33.7 Å². The Hall–Kier alpha value is -0.930. The molecule has 0 spiro atoms. The van der Waals surface area contributed by atoms with Crippen LogP contribution in [0.2, 0.25) is 0 Å². The van der Waals surface area contributed by atoms with Gasteiger partial charge in [-0.2, -0.15) is 0 Å². The summed E-state index contributed by atoms with van der Waals surface area (Å²) in [6.45, 7) is 10.3. The number of rotatable bonds is 7. The van der Waals surface area contributed by atoms with E-state index in [1.807, 2.05) is 19.2 Å². The Bertz CT molecular complexity index is 371. The van der Waals surface area contributed by atoms with Crippen molar-refractivity contribution in [2.75, 3.05) is 26.7 Å². The Morgan fingerprint density at radius 2 is 1.84 bits per heavy atom. The minimum atomic E-state index is -0.116. The number of hydrogen-bond donors (Lipinski definition) is 1. The third-order valence-electron chi connectivity index (χ3n) is 3.12. The van der Waals surface area contributed by atoms with Crippen molar-refractivity contribution in [3.8, 4) is 0 Å². The van der Waals surface area contributed by atoms with E-state index in [0.29, 0.717) is 12.0 Å². The molecule has 0 saturated carbocycles. The Morgan fingerprint density at radius 1 is 1.16 bits per heavy atom. The lowest BCUT2D eigenvalue weighted by Crippen LogP contribution is -2.30. The summed E-state index contributed by atoms with van der Waals surface area (Å²) in [5, 5.41) is 3.44. The fourth-order valence-corrected chi connectivity index (χ4v) is 1.85. The fourth-order valence-electron chi connectivity index (χ4n) is 1.85. The zero-order valence-electron chi connectivity index (χ0n) is 12.7. The number of benzene rings is 1. The lowest BCUT2D eigenvalue weighted by Gasteiger charge is -2.20. The van der Waals surface area contributed by atoms with Crippen LogP contribution in [0.3, 0.4) is 0 Å². The zero-order chi connectivity index (χ0) is 14.3. The third-order valence-corrected chi connectivity index (χ3v) is 3.12. The first kappa shape index (κ1) is 16.1. The summed E-state index contributed by atoms with van der Waals surface area (Å²) in [6.07, 6.45) is 1.17. The molecule has 0 bridgehead atoms. The predicted molar refractivity (Wildman–Crippen MR) is 79.7 cm³/mol. The van der Waals surface area contributed by atoms with Crippen molar-refractivity contribution in [3.05, 3.63) is 35.6 Å². The molecule has 0 radical (unpaired) electrons. The number of hydrogen-bond acceptors (Lipinski definition) is 2. The van der Waals surface area contributed by atoms with E-state index in [9.17, 15) is 4.39 Å². The smallest absolute Gasteiger partial charge is 0.127 e. The van der Waals surface area contributed by atoms with E-state index in [2.05, 4.69) is 31.0 Å². The minimum Gasteiger partial charge on any atom is -0.315 e. The van der Waals surface area contributed by atoms with Crippen molar-refractivity contribution in [3.63, 3.8) is 0 Å². The zero-order valence-corrected chi connectivity index (χ0v) is 12.7. The molecule has 0 aromatic heterocycles. The average molecular weight is 266 g/mol. The summed E-state index contributed by atoms with van der Waals surface area (Å²) >= 11 is 0. The Kier molecular flexibility index (Phi) is 6.46. The lowest BCUT2D eigenvalue weighted by molar-refractivity contribution is 0.310. The molecule has 0 atom stereocenters. The minimum absolute atomic E-state index is 0.116. The summed E-state index contributed by atoms with van der Waals surface area (Å²) in [5.41, 5.74) is 1.14. The second-order valence-corrected chi connectivity index (χ2v) is 6.39. The van der Waals surface area contributed by atoms with Gasteiger partial charge in [-0.1, -0.05) is 39.0 Å². The van der Waals surface area contributed by atoms with Crippen LogP contribution in [0.1, 0.15) is 32.8 Å². The maximum absolute atomic E-state index is 13.5. The van der Waals surface area contributed by atoms with Crippen molar-refractivity contribution in [1.82, 2.24) is 10.2 Å². The lowest BCUT2D eigenvalue weighted by atomic mass is 9.92. The summed E-state index contributed by atoms with van der Waals surface area (Å²) < 4.78 is 13.5. The number of halogens is 1. The highest BCUT2D eigenvalue weighted by Crippen LogP contribution is 2.16. The molecule has 0 unspecified atom stereocenters. The Morgan fingerprint density at radius 3 is 2.47 bits per heavy atom. The molecule has 1 aromatic carbocycles. The van der Waals surface area contributed by atoms with Gasteiger partial charge < -0.3 is 10.2 Å². The average Bonchev–Trinajstić information content (AvgIpc) is 2.30. The van der Waals surface area contributed by atoms with Gasteiger partial charge in [-0.15, -0.1) is 0 Å². The van der Waals surface area contributed by atoms with Gasteiger partial charge >= 0.3 is 0 Å². The van der Waals surface area contributed by atoms with E-state index in [4.69, 9.17) is 0 Å². The van der Waals surface area contributed by atoms with Gasteiger partial charge in [0.15, 0.2) is 0 Å². The summed E-state index contributed by atoms with van der Waals surface area (Å²) in [6, 6.07) is 6.98. The molecule has 0 aliphatic carbocycles. The number of nitrogens with zero attached hydrogens (tertiary/aromatic N) is 1. The first-order valence-corrected chi connectivity index (χ1v) is 7.01. The molecule has 0 aliphatic rings. The van der Waals surface area contributed by atoms with Crippen molar-refractivity contribution < 1.29 is 4.39 Å². The van der Waals surface area contributed by atoms with Crippen LogP contribution in [0.15, 0.2) is 24.3 Å². The topological polar surface area (TPSA) is 15.3 Å². The van der Waals surface area contributed by atoms with E-state index < -0.39 is 0 Å². The monoisotopic (exact) mass is 266 g/mol. The summed E-state index contributed by atoms with van der Waals surface area (Å²) in [4.78, 5) is 2.14. The van der Waals surface area contributed by atoms with Gasteiger partial charge in [0.2, 0.25) is 0 Å². The molecule has 1 N–H and O–H groups in total. The van der Waals surface area contributed by atoms with Crippen molar-refractivity contribution >= 4 is 0 Å². The maximum Gasteiger partial charge on any atom is 0.127 e. The number of nitrogens with one attached hydrogen (secondary N) is 1. The van der Waals surface area contributed by atoms with Crippen molar-refractivity contribution in [2.24, 2.45) is 5.41 Å². The van der Waals surface area contributed by atoms with Crippen LogP contribution in [0.4, 0.5) is 4.39 Å². The maximum atomic E-state index is 13.5. The summed E-state index contributed by atoms with van der Waals surface area (Å²) in [5.74, 6) is -0.116. The number of likely N-dealkylation sites (N-methyl/N-ethyl adjacent to an activating group) is 1. The van der Waals surface area contributed by atoms with Gasteiger partial charge in [0, 0.05) is 25.2 Å². The first-order chi connectivity index (χ1) is 8.88. The third kappa shape index (κ3) is 7.28. The van der Waals surface area contributed by atoms with Crippen LogP contribution in [-0.4, -0.2) is 31.6 Å². The van der Waals surface area contributed by atoms with E-state index >= 15 is 0 Å². The molecule has 108 valence electrons. The molecule has 0 aliphatic heterocycles. The Balaban J connectivity index is 2.18. The van der Waals surface area contributed by atoms with Gasteiger partial charge in [0.1, 0.15) is 5.82 Å². The molecular weight excluding hydrogens is 239 g/mol. The molecule has 0 heterocycles. The molecule has 19 heavy (non-hydrogen) atoms. The van der Waals surface area contributed by atoms with Crippen LogP contribution >= 0.6 is 0 Å². The molecule has 1 aromatic rings.